The van der Waals surface area contributed by atoms with Crippen LogP contribution in [-0.2, 0) is 4.74 Å². The summed E-state index contributed by atoms with van der Waals surface area (Å²) in [7, 11) is 1.66. The first-order valence-electron chi connectivity index (χ1n) is 6.35. The van der Waals surface area contributed by atoms with E-state index < -0.39 is 5.82 Å². The highest BCUT2D eigenvalue weighted by Gasteiger charge is 2.25. The van der Waals surface area contributed by atoms with Gasteiger partial charge in [0.05, 0.1) is 17.2 Å². The van der Waals surface area contributed by atoms with Gasteiger partial charge in [-0.15, -0.1) is 0 Å². The molecule has 19 heavy (non-hydrogen) atoms. The molecule has 104 valence electrons. The Hall–Kier alpha value is -1.13. The number of rotatable bonds is 3. The minimum absolute atomic E-state index is 0.134. The molecule has 0 N–H and O–H groups in total. The van der Waals surface area contributed by atoms with Gasteiger partial charge < -0.3 is 9.64 Å². The van der Waals surface area contributed by atoms with Crippen LogP contribution in [0.25, 0.3) is 0 Å². The van der Waals surface area contributed by atoms with Crippen LogP contribution in [0.5, 0.6) is 0 Å². The van der Waals surface area contributed by atoms with Crippen LogP contribution in [0.4, 0.5) is 4.39 Å². The van der Waals surface area contributed by atoms with Gasteiger partial charge in [0.15, 0.2) is 0 Å². The number of hydrogen-bond donors (Lipinski definition) is 0. The summed E-state index contributed by atoms with van der Waals surface area (Å²) < 4.78 is 18.1. The molecule has 0 radical (unpaired) electrons. The summed E-state index contributed by atoms with van der Waals surface area (Å²) in [5, 5.41) is 0.166. The maximum absolute atomic E-state index is 13.0. The first-order chi connectivity index (χ1) is 9.11. The van der Waals surface area contributed by atoms with Crippen LogP contribution in [0.15, 0.2) is 18.2 Å². The molecule has 5 heteroatoms. The average Bonchev–Trinajstić information content (AvgIpc) is 2.39. The molecule has 2 rings (SSSR count). The topological polar surface area (TPSA) is 29.5 Å². The third kappa shape index (κ3) is 3.45. The third-order valence-corrected chi connectivity index (χ3v) is 3.68. The van der Waals surface area contributed by atoms with Gasteiger partial charge in [-0.3, -0.25) is 4.79 Å². The van der Waals surface area contributed by atoms with Crippen molar-refractivity contribution in [1.29, 1.82) is 0 Å². The van der Waals surface area contributed by atoms with E-state index in [1.165, 1.54) is 18.2 Å². The second kappa shape index (κ2) is 6.35. The van der Waals surface area contributed by atoms with Crippen LogP contribution in [0.3, 0.4) is 0 Å². The Kier molecular flexibility index (Phi) is 4.77. The number of benzene rings is 1. The molecular formula is C14H17ClFNO2. The summed E-state index contributed by atoms with van der Waals surface area (Å²) in [6, 6.07) is 3.88. The smallest absolute Gasteiger partial charge is 0.255 e. The van der Waals surface area contributed by atoms with Crippen molar-refractivity contribution in [3.8, 4) is 0 Å². The molecule has 1 aliphatic heterocycles. The normalized spacial score (nSPS) is 19.5. The second-order valence-corrected chi connectivity index (χ2v) is 5.25. The predicted molar refractivity (Wildman–Crippen MR) is 71.9 cm³/mol. The number of hydrogen-bond acceptors (Lipinski definition) is 2. The first-order valence-corrected chi connectivity index (χ1v) is 6.73. The van der Waals surface area contributed by atoms with Gasteiger partial charge in [0.2, 0.25) is 0 Å². The van der Waals surface area contributed by atoms with E-state index in [2.05, 4.69) is 0 Å². The molecule has 1 aromatic carbocycles. The van der Waals surface area contributed by atoms with Crippen LogP contribution in [0.2, 0.25) is 5.02 Å². The fourth-order valence-corrected chi connectivity index (χ4v) is 2.70. The van der Waals surface area contributed by atoms with E-state index in [1.54, 1.807) is 12.0 Å². The second-order valence-electron chi connectivity index (χ2n) is 4.84. The number of ether oxygens (including phenoxy) is 1. The van der Waals surface area contributed by atoms with Crippen LogP contribution in [0, 0.1) is 11.7 Å². The molecule has 1 aromatic rings. The number of likely N-dealkylation sites (tertiary alicyclic amines) is 1. The monoisotopic (exact) mass is 285 g/mol. The molecule has 0 bridgehead atoms. The van der Waals surface area contributed by atoms with E-state index in [4.69, 9.17) is 16.3 Å². The summed E-state index contributed by atoms with van der Waals surface area (Å²) in [5.74, 6) is -0.204. The predicted octanol–water partition coefficient (Wildman–Crippen LogP) is 2.98. The van der Waals surface area contributed by atoms with Gasteiger partial charge in [0.1, 0.15) is 5.82 Å². The van der Waals surface area contributed by atoms with E-state index in [-0.39, 0.29) is 10.9 Å². The minimum atomic E-state index is -0.433. The minimum Gasteiger partial charge on any atom is -0.384 e. The number of amides is 1. The van der Waals surface area contributed by atoms with Crippen molar-refractivity contribution in [2.75, 3.05) is 26.8 Å². The van der Waals surface area contributed by atoms with Gasteiger partial charge in [-0.1, -0.05) is 11.6 Å². The molecule has 0 aromatic heterocycles. The van der Waals surface area contributed by atoms with Crippen molar-refractivity contribution >= 4 is 17.5 Å². The number of methoxy groups -OCH3 is 1. The highest BCUT2D eigenvalue weighted by molar-refractivity contribution is 6.33. The van der Waals surface area contributed by atoms with E-state index in [0.29, 0.717) is 31.2 Å². The van der Waals surface area contributed by atoms with Gasteiger partial charge >= 0.3 is 0 Å². The molecule has 1 fully saturated rings. The van der Waals surface area contributed by atoms with Gasteiger partial charge in [0, 0.05) is 20.2 Å². The quantitative estimate of drug-likeness (QED) is 0.854. The Morgan fingerprint density at radius 2 is 2.37 bits per heavy atom. The maximum atomic E-state index is 13.0. The molecule has 1 saturated heterocycles. The molecular weight excluding hydrogens is 269 g/mol. The lowest BCUT2D eigenvalue weighted by atomic mass is 9.98. The van der Waals surface area contributed by atoms with Crippen LogP contribution in [0.1, 0.15) is 23.2 Å². The molecule has 3 nitrogen and oxygen atoms in total. The number of carbonyl (C=O) groups is 1. The van der Waals surface area contributed by atoms with Crippen LogP contribution in [-0.4, -0.2) is 37.6 Å². The summed E-state index contributed by atoms with van der Waals surface area (Å²) in [6.07, 6.45) is 2.02. The Labute approximate surface area is 117 Å². The Morgan fingerprint density at radius 1 is 1.58 bits per heavy atom. The fraction of sp³-hybridized carbons (Fsp3) is 0.500. The van der Waals surface area contributed by atoms with Gasteiger partial charge in [-0.25, -0.2) is 4.39 Å². The zero-order valence-electron chi connectivity index (χ0n) is 10.9. The summed E-state index contributed by atoms with van der Waals surface area (Å²) in [4.78, 5) is 14.1. The highest BCUT2D eigenvalue weighted by atomic mass is 35.5. The Morgan fingerprint density at radius 3 is 3.05 bits per heavy atom. The highest BCUT2D eigenvalue weighted by Crippen LogP contribution is 2.23. The average molecular weight is 286 g/mol. The van der Waals surface area contributed by atoms with Gasteiger partial charge in [-0.2, -0.15) is 0 Å². The summed E-state index contributed by atoms with van der Waals surface area (Å²) in [5.41, 5.74) is 0.362. The van der Waals surface area contributed by atoms with Crippen molar-refractivity contribution in [1.82, 2.24) is 4.90 Å². The molecule has 0 spiro atoms. The zero-order chi connectivity index (χ0) is 13.8. The van der Waals surface area contributed by atoms with Crippen LogP contribution < -0.4 is 0 Å². The molecule has 1 aliphatic rings. The van der Waals surface area contributed by atoms with Gasteiger partial charge in [-0.05, 0) is 37.0 Å². The fourth-order valence-electron chi connectivity index (χ4n) is 2.45. The number of piperidine rings is 1. The molecule has 1 atom stereocenters. The standard InChI is InChI=1S/C14H17ClFNO2/c1-19-9-10-3-2-6-17(8-10)14(18)12-5-4-11(16)7-13(12)15/h4-5,7,10H,2-3,6,8-9H2,1H3. The van der Waals surface area contributed by atoms with Crippen molar-refractivity contribution < 1.29 is 13.9 Å². The maximum Gasteiger partial charge on any atom is 0.255 e. The van der Waals surface area contributed by atoms with E-state index in [1.807, 2.05) is 0 Å². The van der Waals surface area contributed by atoms with Gasteiger partial charge in [0.25, 0.3) is 5.91 Å². The lowest BCUT2D eigenvalue weighted by Crippen LogP contribution is -2.41. The van der Waals surface area contributed by atoms with Crippen molar-refractivity contribution in [3.63, 3.8) is 0 Å². The molecule has 0 saturated carbocycles. The number of halogens is 2. The van der Waals surface area contributed by atoms with Crippen molar-refractivity contribution in [2.24, 2.45) is 5.92 Å². The van der Waals surface area contributed by atoms with E-state index in [9.17, 15) is 9.18 Å². The first kappa shape index (κ1) is 14.3. The SMILES string of the molecule is COCC1CCCN(C(=O)c2ccc(F)cc2Cl)C1. The molecule has 0 aliphatic carbocycles. The van der Waals surface area contributed by atoms with Crippen LogP contribution >= 0.6 is 11.6 Å². The summed E-state index contributed by atoms with van der Waals surface area (Å²) >= 11 is 5.93. The Balaban J connectivity index is 2.10. The third-order valence-electron chi connectivity index (χ3n) is 3.37. The molecule has 1 amide bonds. The lowest BCUT2D eigenvalue weighted by Gasteiger charge is -2.32. The Bertz CT molecular complexity index is 465. The van der Waals surface area contributed by atoms with Crippen molar-refractivity contribution in [2.45, 2.75) is 12.8 Å². The van der Waals surface area contributed by atoms with E-state index >= 15 is 0 Å². The molecule has 1 heterocycles. The number of nitrogens with zero attached hydrogens (tertiary/aromatic N) is 1. The zero-order valence-corrected chi connectivity index (χ0v) is 11.6. The molecule has 1 unspecified atom stereocenters. The largest absolute Gasteiger partial charge is 0.384 e. The van der Waals surface area contributed by atoms with Crippen molar-refractivity contribution in [3.05, 3.63) is 34.6 Å². The number of carbonyl (C=O) groups excluding carboxylic acids is 1. The summed E-state index contributed by atoms with van der Waals surface area (Å²) in [6.45, 7) is 2.04. The van der Waals surface area contributed by atoms with E-state index in [0.717, 1.165) is 12.8 Å². The lowest BCUT2D eigenvalue weighted by molar-refractivity contribution is 0.0571.